The molecule has 20 heavy (non-hydrogen) atoms. The van der Waals surface area contributed by atoms with Gasteiger partial charge in [0.2, 0.25) is 0 Å². The van der Waals surface area contributed by atoms with Gasteiger partial charge in [0.25, 0.3) is 0 Å². The first-order valence-corrected chi connectivity index (χ1v) is 7.46. The summed E-state index contributed by atoms with van der Waals surface area (Å²) in [5.41, 5.74) is 5.86. The average molecular weight is 265 g/mol. The molecule has 104 valence electrons. The number of likely N-dealkylation sites (N-methyl/N-ethyl adjacent to an activating group) is 1. The van der Waals surface area contributed by atoms with Gasteiger partial charge < -0.3 is 4.90 Å². The van der Waals surface area contributed by atoms with Crippen molar-refractivity contribution in [1.29, 1.82) is 0 Å². The topological polar surface area (TPSA) is 3.24 Å². The average Bonchev–Trinajstić information content (AvgIpc) is 2.46. The molecular weight excluding hydrogens is 242 g/mol. The number of aryl methyl sites for hydroxylation is 1. The van der Waals surface area contributed by atoms with Crippen LogP contribution >= 0.6 is 0 Å². The van der Waals surface area contributed by atoms with Crippen LogP contribution in [0.15, 0.2) is 48.5 Å². The monoisotopic (exact) mass is 265 g/mol. The SMILES string of the molecule is Cc1cccc([C@@H]2C[C@@H](N(C)C)Cc3ccccc32)c1. The second-order valence-corrected chi connectivity index (χ2v) is 6.22. The lowest BCUT2D eigenvalue weighted by molar-refractivity contribution is 0.258. The molecule has 0 aliphatic heterocycles. The zero-order valence-electron chi connectivity index (χ0n) is 12.6. The van der Waals surface area contributed by atoms with Gasteiger partial charge in [0, 0.05) is 12.0 Å². The Balaban J connectivity index is 2.05. The number of hydrogen-bond acceptors (Lipinski definition) is 1. The second-order valence-electron chi connectivity index (χ2n) is 6.22. The van der Waals surface area contributed by atoms with Gasteiger partial charge in [-0.1, -0.05) is 54.1 Å². The quantitative estimate of drug-likeness (QED) is 0.793. The van der Waals surface area contributed by atoms with E-state index in [1.54, 1.807) is 0 Å². The predicted molar refractivity (Wildman–Crippen MR) is 85.3 cm³/mol. The van der Waals surface area contributed by atoms with E-state index in [0.29, 0.717) is 12.0 Å². The molecule has 0 heterocycles. The highest BCUT2D eigenvalue weighted by atomic mass is 15.1. The minimum Gasteiger partial charge on any atom is -0.306 e. The number of hydrogen-bond donors (Lipinski definition) is 0. The molecule has 0 N–H and O–H groups in total. The fraction of sp³-hybridized carbons (Fsp3) is 0.368. The summed E-state index contributed by atoms with van der Waals surface area (Å²) in [5, 5.41) is 0. The summed E-state index contributed by atoms with van der Waals surface area (Å²) in [6.07, 6.45) is 2.39. The molecule has 2 atom stereocenters. The molecular formula is C19H23N. The van der Waals surface area contributed by atoms with Crippen LogP contribution in [0.4, 0.5) is 0 Å². The van der Waals surface area contributed by atoms with Crippen LogP contribution < -0.4 is 0 Å². The number of fused-ring (bicyclic) bond motifs is 1. The maximum atomic E-state index is 2.37. The summed E-state index contributed by atoms with van der Waals surface area (Å²) in [6, 6.07) is 18.6. The van der Waals surface area contributed by atoms with Gasteiger partial charge in [-0.2, -0.15) is 0 Å². The molecule has 0 unspecified atom stereocenters. The van der Waals surface area contributed by atoms with Gasteiger partial charge in [0.05, 0.1) is 0 Å². The maximum absolute atomic E-state index is 2.37. The molecule has 0 bridgehead atoms. The third-order valence-corrected chi connectivity index (χ3v) is 4.57. The van der Waals surface area contributed by atoms with Gasteiger partial charge in [-0.3, -0.25) is 0 Å². The molecule has 0 saturated heterocycles. The summed E-state index contributed by atoms with van der Waals surface area (Å²) in [7, 11) is 4.40. The molecule has 0 fully saturated rings. The van der Waals surface area contributed by atoms with E-state index in [4.69, 9.17) is 0 Å². The second kappa shape index (κ2) is 5.41. The highest BCUT2D eigenvalue weighted by Gasteiger charge is 2.28. The number of nitrogens with zero attached hydrogens (tertiary/aromatic N) is 1. The van der Waals surface area contributed by atoms with Crippen molar-refractivity contribution in [1.82, 2.24) is 4.90 Å². The van der Waals surface area contributed by atoms with Gasteiger partial charge in [0.15, 0.2) is 0 Å². The van der Waals surface area contributed by atoms with E-state index in [1.807, 2.05) is 0 Å². The minimum absolute atomic E-state index is 0.534. The lowest BCUT2D eigenvalue weighted by atomic mass is 9.76. The smallest absolute Gasteiger partial charge is 0.0139 e. The summed E-state index contributed by atoms with van der Waals surface area (Å²) in [4.78, 5) is 2.37. The van der Waals surface area contributed by atoms with Crippen molar-refractivity contribution in [3.8, 4) is 0 Å². The molecule has 1 aliphatic carbocycles. The first-order valence-electron chi connectivity index (χ1n) is 7.46. The standard InChI is InChI=1S/C19H23N/c1-14-7-6-9-15(11-14)19-13-17(20(2)3)12-16-8-4-5-10-18(16)19/h4-11,17,19H,12-13H2,1-3H3/t17-,19-/m0/s1. The van der Waals surface area contributed by atoms with Gasteiger partial charge in [-0.15, -0.1) is 0 Å². The Morgan fingerprint density at radius 3 is 2.55 bits per heavy atom. The van der Waals surface area contributed by atoms with E-state index in [9.17, 15) is 0 Å². The van der Waals surface area contributed by atoms with Gasteiger partial charge in [-0.05, 0) is 50.6 Å². The molecule has 0 radical (unpaired) electrons. The third kappa shape index (κ3) is 2.51. The van der Waals surface area contributed by atoms with Crippen molar-refractivity contribution in [2.75, 3.05) is 14.1 Å². The number of benzene rings is 2. The maximum Gasteiger partial charge on any atom is 0.0139 e. The first kappa shape index (κ1) is 13.4. The zero-order valence-corrected chi connectivity index (χ0v) is 12.6. The van der Waals surface area contributed by atoms with E-state index < -0.39 is 0 Å². The molecule has 0 aromatic heterocycles. The third-order valence-electron chi connectivity index (χ3n) is 4.57. The van der Waals surface area contributed by atoms with E-state index in [1.165, 1.54) is 35.1 Å². The van der Waals surface area contributed by atoms with Crippen LogP contribution in [0.3, 0.4) is 0 Å². The molecule has 1 heteroatoms. The Bertz CT molecular complexity index is 600. The molecule has 1 nitrogen and oxygen atoms in total. The molecule has 1 aliphatic rings. The van der Waals surface area contributed by atoms with Crippen LogP contribution in [-0.4, -0.2) is 25.0 Å². The molecule has 2 aromatic carbocycles. The minimum atomic E-state index is 0.534. The van der Waals surface area contributed by atoms with Crippen LogP contribution in [-0.2, 0) is 6.42 Å². The summed E-state index contributed by atoms with van der Waals surface area (Å²) in [6.45, 7) is 2.18. The Kier molecular flexibility index (Phi) is 3.62. The van der Waals surface area contributed by atoms with Crippen molar-refractivity contribution in [3.05, 3.63) is 70.8 Å². The Morgan fingerprint density at radius 2 is 1.80 bits per heavy atom. The zero-order chi connectivity index (χ0) is 14.1. The van der Waals surface area contributed by atoms with E-state index in [-0.39, 0.29) is 0 Å². The summed E-state index contributed by atoms with van der Waals surface area (Å²) >= 11 is 0. The largest absolute Gasteiger partial charge is 0.306 e. The lowest BCUT2D eigenvalue weighted by Gasteiger charge is -2.35. The Morgan fingerprint density at radius 1 is 1.00 bits per heavy atom. The van der Waals surface area contributed by atoms with Crippen molar-refractivity contribution in [2.45, 2.75) is 31.7 Å². The van der Waals surface area contributed by atoms with Crippen molar-refractivity contribution in [3.63, 3.8) is 0 Å². The molecule has 0 saturated carbocycles. The highest BCUT2D eigenvalue weighted by molar-refractivity contribution is 5.41. The predicted octanol–water partition coefficient (Wildman–Crippen LogP) is 4.00. The van der Waals surface area contributed by atoms with Gasteiger partial charge in [0.1, 0.15) is 0 Å². The molecule has 0 spiro atoms. The first-order chi connectivity index (χ1) is 9.65. The van der Waals surface area contributed by atoms with Crippen LogP contribution in [0.1, 0.15) is 34.6 Å². The lowest BCUT2D eigenvalue weighted by Crippen LogP contribution is -2.35. The fourth-order valence-corrected chi connectivity index (χ4v) is 3.39. The van der Waals surface area contributed by atoms with Crippen molar-refractivity contribution in [2.24, 2.45) is 0 Å². The molecule has 3 rings (SSSR count). The number of rotatable bonds is 2. The van der Waals surface area contributed by atoms with E-state index in [2.05, 4.69) is 74.4 Å². The van der Waals surface area contributed by atoms with E-state index >= 15 is 0 Å². The summed E-state index contributed by atoms with van der Waals surface area (Å²) in [5.74, 6) is 0.534. The Labute approximate surface area is 122 Å². The van der Waals surface area contributed by atoms with Gasteiger partial charge >= 0.3 is 0 Å². The van der Waals surface area contributed by atoms with Gasteiger partial charge in [-0.25, -0.2) is 0 Å². The van der Waals surface area contributed by atoms with Crippen LogP contribution in [0, 0.1) is 6.92 Å². The highest BCUT2D eigenvalue weighted by Crippen LogP contribution is 2.38. The van der Waals surface area contributed by atoms with Crippen molar-refractivity contribution >= 4 is 0 Å². The molecule has 2 aromatic rings. The van der Waals surface area contributed by atoms with Crippen LogP contribution in [0.25, 0.3) is 0 Å². The fourth-order valence-electron chi connectivity index (χ4n) is 3.39. The van der Waals surface area contributed by atoms with Crippen molar-refractivity contribution < 1.29 is 0 Å². The molecule has 0 amide bonds. The Hall–Kier alpha value is -1.60. The van der Waals surface area contributed by atoms with Crippen LogP contribution in [0.2, 0.25) is 0 Å². The summed E-state index contributed by atoms with van der Waals surface area (Å²) < 4.78 is 0. The normalized spacial score (nSPS) is 21.8. The van der Waals surface area contributed by atoms with Crippen LogP contribution in [0.5, 0.6) is 0 Å². The van der Waals surface area contributed by atoms with E-state index in [0.717, 1.165) is 0 Å².